The Morgan fingerprint density at radius 3 is 2.52 bits per heavy atom. The Bertz CT molecular complexity index is 840. The van der Waals surface area contributed by atoms with E-state index in [2.05, 4.69) is 5.32 Å². The molecule has 0 radical (unpaired) electrons. The predicted octanol–water partition coefficient (Wildman–Crippen LogP) is 0.614. The van der Waals surface area contributed by atoms with E-state index in [1.54, 1.807) is 0 Å². The van der Waals surface area contributed by atoms with Crippen LogP contribution in [0.5, 0.6) is 0 Å². The van der Waals surface area contributed by atoms with Gasteiger partial charge in [-0.15, -0.1) is 0 Å². The van der Waals surface area contributed by atoms with E-state index in [1.807, 2.05) is 0 Å². The molecule has 0 saturated heterocycles. The van der Waals surface area contributed by atoms with Gasteiger partial charge in [-0.2, -0.15) is 0 Å². The van der Waals surface area contributed by atoms with Gasteiger partial charge in [0.05, 0.1) is 5.69 Å². The summed E-state index contributed by atoms with van der Waals surface area (Å²) in [5.74, 6) is -2.51. The molecule has 0 fully saturated rings. The van der Waals surface area contributed by atoms with E-state index in [-0.39, 0.29) is 5.56 Å². The summed E-state index contributed by atoms with van der Waals surface area (Å²) in [7, 11) is 2.57. The van der Waals surface area contributed by atoms with Gasteiger partial charge < -0.3 is 9.88 Å². The topological polar surface area (TPSA) is 73.1 Å². The minimum Gasteiger partial charge on any atom is -0.319 e. The highest BCUT2D eigenvalue weighted by atomic mass is 19.1. The van der Waals surface area contributed by atoms with Crippen LogP contribution in [0.2, 0.25) is 0 Å². The van der Waals surface area contributed by atoms with Crippen LogP contribution >= 0.6 is 0 Å². The summed E-state index contributed by atoms with van der Waals surface area (Å²) in [6.07, 6.45) is 1.04. The van der Waals surface area contributed by atoms with Gasteiger partial charge in [-0.3, -0.25) is 14.2 Å². The van der Waals surface area contributed by atoms with Crippen LogP contribution in [0.4, 0.5) is 14.5 Å². The van der Waals surface area contributed by atoms with E-state index in [1.165, 1.54) is 14.1 Å². The van der Waals surface area contributed by atoms with E-state index in [0.29, 0.717) is 0 Å². The van der Waals surface area contributed by atoms with Gasteiger partial charge in [0.25, 0.3) is 11.5 Å². The van der Waals surface area contributed by atoms with Crippen LogP contribution in [0, 0.1) is 11.6 Å². The van der Waals surface area contributed by atoms with Crippen molar-refractivity contribution in [2.24, 2.45) is 14.1 Å². The Labute approximate surface area is 117 Å². The first-order chi connectivity index (χ1) is 9.81. The van der Waals surface area contributed by atoms with Crippen molar-refractivity contribution in [3.63, 3.8) is 0 Å². The number of hydrogen-bond donors (Lipinski definition) is 1. The van der Waals surface area contributed by atoms with Crippen LogP contribution in [0.1, 0.15) is 10.4 Å². The maximum atomic E-state index is 13.4. The second-order valence-electron chi connectivity index (χ2n) is 4.38. The number of amides is 1. The zero-order valence-corrected chi connectivity index (χ0v) is 11.2. The molecule has 0 spiro atoms. The van der Waals surface area contributed by atoms with Crippen LogP contribution < -0.4 is 16.6 Å². The average Bonchev–Trinajstić information content (AvgIpc) is 2.44. The van der Waals surface area contributed by atoms with Crippen LogP contribution in [0.15, 0.2) is 34.0 Å². The number of carbonyl (C=O) groups excluding carboxylic acids is 1. The standard InChI is InChI=1S/C13H11F2N3O3/c1-17-6-8(12(20)18(2)13(17)21)11(19)16-10-5-7(14)3-4-9(10)15/h3-6H,1-2H3,(H,16,19). The molecule has 1 aromatic carbocycles. The summed E-state index contributed by atoms with van der Waals surface area (Å²) in [6.45, 7) is 0. The largest absolute Gasteiger partial charge is 0.330 e. The second kappa shape index (κ2) is 5.31. The van der Waals surface area contributed by atoms with Gasteiger partial charge in [0.1, 0.15) is 17.2 Å². The second-order valence-corrected chi connectivity index (χ2v) is 4.38. The van der Waals surface area contributed by atoms with Gasteiger partial charge in [-0.25, -0.2) is 13.6 Å². The van der Waals surface area contributed by atoms with Crippen LogP contribution in [0.3, 0.4) is 0 Å². The van der Waals surface area contributed by atoms with Crippen molar-refractivity contribution in [2.75, 3.05) is 5.32 Å². The molecule has 2 rings (SSSR count). The van der Waals surface area contributed by atoms with E-state index >= 15 is 0 Å². The first-order valence-corrected chi connectivity index (χ1v) is 5.84. The summed E-state index contributed by atoms with van der Waals surface area (Å²) in [4.78, 5) is 35.3. The minimum atomic E-state index is -0.935. The van der Waals surface area contributed by atoms with Crippen molar-refractivity contribution >= 4 is 11.6 Å². The molecule has 1 heterocycles. The number of carbonyl (C=O) groups is 1. The molecule has 0 unspecified atom stereocenters. The molecular weight excluding hydrogens is 284 g/mol. The third-order valence-electron chi connectivity index (χ3n) is 2.87. The SMILES string of the molecule is Cn1cc(C(=O)Nc2cc(F)ccc2F)c(=O)n(C)c1=O. The van der Waals surface area contributed by atoms with Crippen LogP contribution in [0.25, 0.3) is 0 Å². The van der Waals surface area contributed by atoms with Gasteiger partial charge in [0, 0.05) is 26.4 Å². The van der Waals surface area contributed by atoms with Crippen molar-refractivity contribution in [1.82, 2.24) is 9.13 Å². The Morgan fingerprint density at radius 2 is 1.86 bits per heavy atom. The quantitative estimate of drug-likeness (QED) is 0.882. The molecule has 0 aliphatic carbocycles. The van der Waals surface area contributed by atoms with Gasteiger partial charge >= 0.3 is 5.69 Å². The summed E-state index contributed by atoms with van der Waals surface area (Å²) in [5, 5.41) is 2.10. The van der Waals surface area contributed by atoms with Gasteiger partial charge in [0.2, 0.25) is 0 Å². The monoisotopic (exact) mass is 295 g/mol. The highest BCUT2D eigenvalue weighted by molar-refractivity contribution is 6.03. The highest BCUT2D eigenvalue weighted by Gasteiger charge is 2.16. The van der Waals surface area contributed by atoms with Gasteiger partial charge in [0.15, 0.2) is 0 Å². The summed E-state index contributed by atoms with van der Waals surface area (Å²) in [6, 6.07) is 2.54. The normalized spacial score (nSPS) is 10.5. The van der Waals surface area contributed by atoms with Crippen LogP contribution in [-0.2, 0) is 14.1 Å². The van der Waals surface area contributed by atoms with E-state index in [9.17, 15) is 23.2 Å². The molecular formula is C13H11F2N3O3. The van der Waals surface area contributed by atoms with E-state index in [4.69, 9.17) is 0 Å². The van der Waals surface area contributed by atoms with Crippen molar-refractivity contribution in [2.45, 2.75) is 0 Å². The lowest BCUT2D eigenvalue weighted by molar-refractivity contribution is 0.102. The fourth-order valence-electron chi connectivity index (χ4n) is 1.75. The molecule has 0 aliphatic rings. The van der Waals surface area contributed by atoms with E-state index in [0.717, 1.165) is 33.5 Å². The molecule has 0 atom stereocenters. The van der Waals surface area contributed by atoms with Crippen molar-refractivity contribution in [1.29, 1.82) is 0 Å². The number of rotatable bonds is 2. The fourth-order valence-corrected chi connectivity index (χ4v) is 1.75. The van der Waals surface area contributed by atoms with Crippen molar-refractivity contribution < 1.29 is 13.6 Å². The molecule has 1 amide bonds. The number of aromatic nitrogens is 2. The molecule has 2 aromatic rings. The molecule has 110 valence electrons. The molecule has 0 bridgehead atoms. The lowest BCUT2D eigenvalue weighted by Gasteiger charge is -2.08. The first kappa shape index (κ1) is 14.6. The molecule has 0 saturated carbocycles. The van der Waals surface area contributed by atoms with Crippen molar-refractivity contribution in [3.8, 4) is 0 Å². The van der Waals surface area contributed by atoms with Crippen LogP contribution in [-0.4, -0.2) is 15.0 Å². The number of hydrogen-bond acceptors (Lipinski definition) is 3. The zero-order chi connectivity index (χ0) is 15.7. The first-order valence-electron chi connectivity index (χ1n) is 5.84. The summed E-state index contributed by atoms with van der Waals surface area (Å²) in [5.41, 5.74) is -2.18. The number of halogens is 2. The summed E-state index contributed by atoms with van der Waals surface area (Å²) >= 11 is 0. The Balaban J connectivity index is 2.44. The Kier molecular flexibility index (Phi) is 3.70. The minimum absolute atomic E-state index is 0.358. The third-order valence-corrected chi connectivity index (χ3v) is 2.87. The maximum Gasteiger partial charge on any atom is 0.330 e. The lowest BCUT2D eigenvalue weighted by Crippen LogP contribution is -2.40. The molecule has 1 aromatic heterocycles. The number of benzene rings is 1. The fraction of sp³-hybridized carbons (Fsp3) is 0.154. The number of anilines is 1. The van der Waals surface area contributed by atoms with Crippen molar-refractivity contribution in [3.05, 3.63) is 62.4 Å². The lowest BCUT2D eigenvalue weighted by atomic mass is 10.2. The average molecular weight is 295 g/mol. The number of aryl methyl sites for hydroxylation is 1. The molecule has 1 N–H and O–H groups in total. The number of nitrogens with one attached hydrogen (secondary N) is 1. The predicted molar refractivity (Wildman–Crippen MR) is 71.2 cm³/mol. The molecule has 8 heteroatoms. The zero-order valence-electron chi connectivity index (χ0n) is 11.2. The summed E-state index contributed by atoms with van der Waals surface area (Å²) < 4.78 is 28.3. The Hall–Kier alpha value is -2.77. The highest BCUT2D eigenvalue weighted by Crippen LogP contribution is 2.15. The Morgan fingerprint density at radius 1 is 1.19 bits per heavy atom. The molecule has 0 aliphatic heterocycles. The third kappa shape index (κ3) is 2.73. The number of nitrogens with zero attached hydrogens (tertiary/aromatic N) is 2. The molecule has 21 heavy (non-hydrogen) atoms. The van der Waals surface area contributed by atoms with Gasteiger partial charge in [-0.05, 0) is 12.1 Å². The van der Waals surface area contributed by atoms with E-state index < -0.39 is 34.5 Å². The molecule has 6 nitrogen and oxygen atoms in total. The van der Waals surface area contributed by atoms with Gasteiger partial charge in [-0.1, -0.05) is 0 Å². The smallest absolute Gasteiger partial charge is 0.319 e. The maximum absolute atomic E-state index is 13.4.